The van der Waals surface area contributed by atoms with Crippen molar-refractivity contribution >= 4 is 27.8 Å². The van der Waals surface area contributed by atoms with E-state index in [2.05, 4.69) is 21.2 Å². The van der Waals surface area contributed by atoms with Gasteiger partial charge in [-0.15, -0.1) is 0 Å². The Morgan fingerprint density at radius 3 is 2.39 bits per heavy atom. The predicted octanol–water partition coefficient (Wildman–Crippen LogP) is 0.943. The number of aliphatic hydroxyl groups is 1. The molecule has 0 saturated carbocycles. The van der Waals surface area contributed by atoms with Crippen molar-refractivity contribution < 1.29 is 19.8 Å². The third-order valence-corrected chi connectivity index (χ3v) is 2.86. The second-order valence-corrected chi connectivity index (χ2v) is 4.69. The van der Waals surface area contributed by atoms with Crippen molar-refractivity contribution in [2.45, 2.75) is 18.9 Å². The molecule has 1 aromatic carbocycles. The zero-order chi connectivity index (χ0) is 13.5. The molecule has 0 spiro atoms. The number of rotatable bonds is 6. The molecule has 1 atom stereocenters. The Morgan fingerprint density at radius 1 is 1.28 bits per heavy atom. The molecule has 1 aromatic rings. The zero-order valence-electron chi connectivity index (χ0n) is 9.60. The van der Waals surface area contributed by atoms with Gasteiger partial charge in [-0.05, 0) is 17.7 Å². The summed E-state index contributed by atoms with van der Waals surface area (Å²) in [6.07, 6.45) is 0.115. The molecule has 0 unspecified atom stereocenters. The van der Waals surface area contributed by atoms with Crippen molar-refractivity contribution in [2.75, 3.05) is 6.61 Å². The van der Waals surface area contributed by atoms with Crippen LogP contribution in [0.3, 0.4) is 0 Å². The van der Waals surface area contributed by atoms with Crippen molar-refractivity contribution in [2.24, 2.45) is 0 Å². The number of hydrogen-bond acceptors (Lipinski definition) is 3. The van der Waals surface area contributed by atoms with Crippen LogP contribution in [0.5, 0.6) is 0 Å². The van der Waals surface area contributed by atoms with Gasteiger partial charge in [0.15, 0.2) is 0 Å². The van der Waals surface area contributed by atoms with Gasteiger partial charge in [0.2, 0.25) is 5.91 Å². The average Bonchev–Trinajstić information content (AvgIpc) is 2.31. The lowest BCUT2D eigenvalue weighted by molar-refractivity contribution is -0.142. The molecule has 0 aromatic heterocycles. The number of hydrogen-bond donors (Lipinski definition) is 3. The van der Waals surface area contributed by atoms with E-state index in [4.69, 9.17) is 10.2 Å². The second-order valence-electron chi connectivity index (χ2n) is 3.77. The molecule has 3 N–H and O–H groups in total. The van der Waals surface area contributed by atoms with Crippen LogP contribution in [0.2, 0.25) is 0 Å². The van der Waals surface area contributed by atoms with Gasteiger partial charge in [0.25, 0.3) is 0 Å². The maximum absolute atomic E-state index is 11.6. The Morgan fingerprint density at radius 2 is 1.89 bits per heavy atom. The topological polar surface area (TPSA) is 86.6 Å². The van der Waals surface area contributed by atoms with E-state index >= 15 is 0 Å². The number of aliphatic carboxylic acids is 1. The highest BCUT2D eigenvalue weighted by atomic mass is 79.9. The summed E-state index contributed by atoms with van der Waals surface area (Å²) in [5.74, 6) is -1.52. The summed E-state index contributed by atoms with van der Waals surface area (Å²) in [4.78, 5) is 22.4. The number of carboxylic acids is 1. The van der Waals surface area contributed by atoms with Crippen LogP contribution in [0.1, 0.15) is 12.0 Å². The molecule has 6 heteroatoms. The zero-order valence-corrected chi connectivity index (χ0v) is 11.2. The first-order valence-corrected chi connectivity index (χ1v) is 6.19. The van der Waals surface area contributed by atoms with E-state index < -0.39 is 12.0 Å². The fourth-order valence-corrected chi connectivity index (χ4v) is 1.68. The lowest BCUT2D eigenvalue weighted by atomic mass is 10.1. The molecule has 1 amide bonds. The van der Waals surface area contributed by atoms with Crippen LogP contribution in [0.25, 0.3) is 0 Å². The highest BCUT2D eigenvalue weighted by Crippen LogP contribution is 2.10. The van der Waals surface area contributed by atoms with Gasteiger partial charge >= 0.3 is 5.97 Å². The monoisotopic (exact) mass is 315 g/mol. The molecule has 18 heavy (non-hydrogen) atoms. The van der Waals surface area contributed by atoms with Gasteiger partial charge in [0.1, 0.15) is 6.04 Å². The summed E-state index contributed by atoms with van der Waals surface area (Å²) < 4.78 is 0.912. The molecule has 5 nitrogen and oxygen atoms in total. The fraction of sp³-hybridized carbons (Fsp3) is 0.333. The third-order valence-electron chi connectivity index (χ3n) is 2.33. The van der Waals surface area contributed by atoms with Gasteiger partial charge in [-0.3, -0.25) is 4.79 Å². The maximum atomic E-state index is 11.6. The minimum atomic E-state index is -1.15. The molecule has 0 aliphatic heterocycles. The van der Waals surface area contributed by atoms with Crippen LogP contribution >= 0.6 is 15.9 Å². The summed E-state index contributed by atoms with van der Waals surface area (Å²) in [5.41, 5.74) is 0.795. The van der Waals surface area contributed by atoms with E-state index in [1.807, 2.05) is 12.1 Å². The van der Waals surface area contributed by atoms with E-state index in [1.54, 1.807) is 12.1 Å². The van der Waals surface area contributed by atoms with Crippen LogP contribution in [-0.4, -0.2) is 34.7 Å². The van der Waals surface area contributed by atoms with Crippen LogP contribution in [-0.2, 0) is 16.0 Å². The minimum Gasteiger partial charge on any atom is -0.480 e. The largest absolute Gasteiger partial charge is 0.480 e. The first kappa shape index (κ1) is 14.7. The number of aliphatic hydroxyl groups excluding tert-OH is 1. The molecule has 0 radical (unpaired) electrons. The molecule has 98 valence electrons. The molecule has 0 aliphatic rings. The van der Waals surface area contributed by atoms with Crippen LogP contribution in [0.4, 0.5) is 0 Å². The lowest BCUT2D eigenvalue weighted by Gasteiger charge is -2.13. The molecule has 0 saturated heterocycles. The summed E-state index contributed by atoms with van der Waals surface area (Å²) in [6, 6.07) is 6.14. The van der Waals surface area contributed by atoms with E-state index in [0.717, 1.165) is 10.0 Å². The number of carboxylic acid groups (broad SMARTS) is 1. The molecule has 0 heterocycles. The second kappa shape index (κ2) is 7.13. The van der Waals surface area contributed by atoms with Crippen molar-refractivity contribution in [3.05, 3.63) is 34.3 Å². The van der Waals surface area contributed by atoms with Gasteiger partial charge in [0.05, 0.1) is 6.42 Å². The molecule has 1 rings (SSSR count). The Kier molecular flexibility index (Phi) is 5.80. The number of benzene rings is 1. The van der Waals surface area contributed by atoms with E-state index in [9.17, 15) is 9.59 Å². The van der Waals surface area contributed by atoms with Gasteiger partial charge in [0, 0.05) is 17.5 Å². The SMILES string of the molecule is O=C(Cc1ccc(Br)cc1)N[C@H](CCO)C(=O)O. The first-order chi connectivity index (χ1) is 8.52. The van der Waals surface area contributed by atoms with Gasteiger partial charge in [-0.2, -0.15) is 0 Å². The van der Waals surface area contributed by atoms with E-state index in [-0.39, 0.29) is 25.4 Å². The predicted molar refractivity (Wildman–Crippen MR) is 69.1 cm³/mol. The quantitative estimate of drug-likeness (QED) is 0.729. The number of carbonyl (C=O) groups is 2. The Labute approximate surface area is 113 Å². The number of carbonyl (C=O) groups excluding carboxylic acids is 1. The molecule has 0 fully saturated rings. The van der Waals surface area contributed by atoms with Crippen LogP contribution in [0, 0.1) is 0 Å². The summed E-state index contributed by atoms with van der Waals surface area (Å²) in [5, 5.41) is 19.9. The molecule has 0 bridgehead atoms. The number of nitrogens with one attached hydrogen (secondary N) is 1. The van der Waals surface area contributed by atoms with Crippen molar-refractivity contribution in [3.63, 3.8) is 0 Å². The highest BCUT2D eigenvalue weighted by Gasteiger charge is 2.18. The molecular weight excluding hydrogens is 302 g/mol. The van der Waals surface area contributed by atoms with Crippen LogP contribution in [0.15, 0.2) is 28.7 Å². The summed E-state index contributed by atoms with van der Waals surface area (Å²) in [6.45, 7) is -0.282. The fourth-order valence-electron chi connectivity index (χ4n) is 1.42. The van der Waals surface area contributed by atoms with Crippen LogP contribution < -0.4 is 5.32 Å². The number of amides is 1. The van der Waals surface area contributed by atoms with Gasteiger partial charge in [-0.25, -0.2) is 4.79 Å². The standard InChI is InChI=1S/C12H14BrNO4/c13-9-3-1-8(2-4-9)7-11(16)14-10(5-6-15)12(17)18/h1-4,10,15H,5-7H2,(H,14,16)(H,17,18)/t10-/m1/s1. The number of halogens is 1. The summed E-state index contributed by atoms with van der Waals surface area (Å²) >= 11 is 3.29. The smallest absolute Gasteiger partial charge is 0.326 e. The third kappa shape index (κ3) is 4.85. The van der Waals surface area contributed by atoms with Crippen molar-refractivity contribution in [1.29, 1.82) is 0 Å². The van der Waals surface area contributed by atoms with Crippen molar-refractivity contribution in [3.8, 4) is 0 Å². The first-order valence-electron chi connectivity index (χ1n) is 5.40. The Hall–Kier alpha value is -1.40. The summed E-state index contributed by atoms with van der Waals surface area (Å²) in [7, 11) is 0. The van der Waals surface area contributed by atoms with Gasteiger partial charge < -0.3 is 15.5 Å². The average molecular weight is 316 g/mol. The normalized spacial score (nSPS) is 11.9. The molecule has 0 aliphatic carbocycles. The maximum Gasteiger partial charge on any atom is 0.326 e. The lowest BCUT2D eigenvalue weighted by Crippen LogP contribution is -2.42. The molecular formula is C12H14BrNO4. The Balaban J connectivity index is 2.54. The minimum absolute atomic E-state index is 0.00140. The van der Waals surface area contributed by atoms with Crippen molar-refractivity contribution in [1.82, 2.24) is 5.32 Å². The van der Waals surface area contributed by atoms with E-state index in [1.165, 1.54) is 0 Å². The highest BCUT2D eigenvalue weighted by molar-refractivity contribution is 9.10. The Bertz CT molecular complexity index is 419. The van der Waals surface area contributed by atoms with Gasteiger partial charge in [-0.1, -0.05) is 28.1 Å². The van der Waals surface area contributed by atoms with E-state index in [0.29, 0.717) is 0 Å².